The minimum Gasteiger partial charge on any atom is -0.392 e. The Bertz CT molecular complexity index is 593. The van der Waals surface area contributed by atoms with E-state index >= 15 is 0 Å². The standard InChI is InChI=1S/C17H18ClNO/c18-17-7-2-1-6-16(17)13-9-15(10-13)19-14-5-3-4-12(8-14)11-20/h1-8,13,15,19-20H,9-11H2. The molecule has 2 nitrogen and oxygen atoms in total. The molecule has 0 heterocycles. The van der Waals surface area contributed by atoms with E-state index in [4.69, 9.17) is 16.7 Å². The van der Waals surface area contributed by atoms with Gasteiger partial charge in [-0.1, -0.05) is 41.9 Å². The summed E-state index contributed by atoms with van der Waals surface area (Å²) in [5.74, 6) is 0.558. The predicted octanol–water partition coefficient (Wildman–Crippen LogP) is 4.19. The van der Waals surface area contributed by atoms with E-state index in [1.54, 1.807) is 0 Å². The molecule has 1 fully saturated rings. The highest BCUT2D eigenvalue weighted by Crippen LogP contribution is 2.41. The van der Waals surface area contributed by atoms with E-state index in [9.17, 15) is 0 Å². The number of nitrogens with one attached hydrogen (secondary N) is 1. The van der Waals surface area contributed by atoms with Crippen molar-refractivity contribution in [1.82, 2.24) is 0 Å². The molecule has 0 amide bonds. The van der Waals surface area contributed by atoms with Crippen molar-refractivity contribution in [1.29, 1.82) is 0 Å². The van der Waals surface area contributed by atoms with Gasteiger partial charge in [-0.25, -0.2) is 0 Å². The van der Waals surface area contributed by atoms with E-state index in [2.05, 4.69) is 11.4 Å². The second kappa shape index (κ2) is 5.86. The first-order valence-electron chi connectivity index (χ1n) is 6.97. The molecule has 3 heteroatoms. The maximum absolute atomic E-state index is 9.15. The van der Waals surface area contributed by atoms with Crippen LogP contribution in [-0.4, -0.2) is 11.1 Å². The molecule has 0 spiro atoms. The molecule has 0 aromatic heterocycles. The molecule has 1 aliphatic rings. The van der Waals surface area contributed by atoms with Gasteiger partial charge in [-0.05, 0) is 48.1 Å². The molecular formula is C17H18ClNO. The second-order valence-corrected chi connectivity index (χ2v) is 5.80. The Kier molecular flexibility index (Phi) is 3.95. The fraction of sp³-hybridized carbons (Fsp3) is 0.294. The van der Waals surface area contributed by atoms with Gasteiger partial charge < -0.3 is 10.4 Å². The van der Waals surface area contributed by atoms with Crippen LogP contribution in [0, 0.1) is 0 Å². The Morgan fingerprint density at radius 2 is 1.90 bits per heavy atom. The third kappa shape index (κ3) is 2.82. The summed E-state index contributed by atoms with van der Waals surface area (Å²) in [5.41, 5.74) is 3.28. The van der Waals surface area contributed by atoms with Gasteiger partial charge in [0.15, 0.2) is 0 Å². The number of rotatable bonds is 4. The molecule has 104 valence electrons. The van der Waals surface area contributed by atoms with Crippen molar-refractivity contribution in [3.05, 3.63) is 64.7 Å². The minimum absolute atomic E-state index is 0.0857. The van der Waals surface area contributed by atoms with Crippen LogP contribution in [0.5, 0.6) is 0 Å². The van der Waals surface area contributed by atoms with Crippen LogP contribution in [0.25, 0.3) is 0 Å². The van der Waals surface area contributed by atoms with Crippen LogP contribution >= 0.6 is 11.6 Å². The lowest BCUT2D eigenvalue weighted by Gasteiger charge is -2.37. The van der Waals surface area contributed by atoms with E-state index in [0.29, 0.717) is 12.0 Å². The smallest absolute Gasteiger partial charge is 0.0682 e. The summed E-state index contributed by atoms with van der Waals surface area (Å²) in [6.45, 7) is 0.0857. The maximum atomic E-state index is 9.15. The van der Waals surface area contributed by atoms with Crippen LogP contribution in [0.15, 0.2) is 48.5 Å². The molecule has 3 rings (SSSR count). The van der Waals surface area contributed by atoms with Gasteiger partial charge in [0.2, 0.25) is 0 Å². The van der Waals surface area contributed by atoms with E-state index in [0.717, 1.165) is 29.1 Å². The number of aliphatic hydroxyl groups excluding tert-OH is 1. The molecule has 1 aliphatic carbocycles. The highest BCUT2D eigenvalue weighted by atomic mass is 35.5. The summed E-state index contributed by atoms with van der Waals surface area (Å²) in [6, 6.07) is 16.5. The molecule has 0 bridgehead atoms. The van der Waals surface area contributed by atoms with Crippen molar-refractivity contribution >= 4 is 17.3 Å². The summed E-state index contributed by atoms with van der Waals surface area (Å²) in [6.07, 6.45) is 2.21. The summed E-state index contributed by atoms with van der Waals surface area (Å²) < 4.78 is 0. The molecular weight excluding hydrogens is 270 g/mol. The van der Waals surface area contributed by atoms with Gasteiger partial charge in [-0.15, -0.1) is 0 Å². The number of anilines is 1. The van der Waals surface area contributed by atoms with Gasteiger partial charge in [0.05, 0.1) is 6.61 Å². The van der Waals surface area contributed by atoms with Crippen molar-refractivity contribution in [3.63, 3.8) is 0 Å². The van der Waals surface area contributed by atoms with Gasteiger partial charge in [-0.3, -0.25) is 0 Å². The zero-order valence-electron chi connectivity index (χ0n) is 11.2. The predicted molar refractivity (Wildman–Crippen MR) is 83.2 cm³/mol. The first kappa shape index (κ1) is 13.5. The Morgan fingerprint density at radius 3 is 2.65 bits per heavy atom. The molecule has 0 radical (unpaired) electrons. The minimum atomic E-state index is 0.0857. The zero-order valence-corrected chi connectivity index (χ0v) is 12.0. The lowest BCUT2D eigenvalue weighted by Crippen LogP contribution is -2.34. The first-order valence-corrected chi connectivity index (χ1v) is 7.35. The van der Waals surface area contributed by atoms with Crippen molar-refractivity contribution in [2.75, 3.05) is 5.32 Å². The summed E-state index contributed by atoms with van der Waals surface area (Å²) in [5, 5.41) is 13.5. The molecule has 2 aromatic carbocycles. The SMILES string of the molecule is OCc1cccc(NC2CC(c3ccccc3Cl)C2)c1. The largest absolute Gasteiger partial charge is 0.392 e. The highest BCUT2D eigenvalue weighted by Gasteiger charge is 2.31. The first-order chi connectivity index (χ1) is 9.76. The Balaban J connectivity index is 1.59. The number of aliphatic hydroxyl groups is 1. The normalized spacial score (nSPS) is 21.3. The van der Waals surface area contributed by atoms with E-state index < -0.39 is 0 Å². The number of benzene rings is 2. The third-order valence-corrected chi connectivity index (χ3v) is 4.31. The maximum Gasteiger partial charge on any atom is 0.0682 e. The Morgan fingerprint density at radius 1 is 1.10 bits per heavy atom. The van der Waals surface area contributed by atoms with E-state index in [-0.39, 0.29) is 6.61 Å². The molecule has 2 aromatic rings. The van der Waals surface area contributed by atoms with Gasteiger partial charge in [0.1, 0.15) is 0 Å². The lowest BCUT2D eigenvalue weighted by atomic mass is 9.76. The molecule has 0 atom stereocenters. The molecule has 0 saturated heterocycles. The van der Waals surface area contributed by atoms with Crippen LogP contribution in [0.4, 0.5) is 5.69 Å². The fourth-order valence-electron chi connectivity index (χ4n) is 2.79. The number of hydrogen-bond acceptors (Lipinski definition) is 2. The van der Waals surface area contributed by atoms with Crippen LogP contribution in [0.1, 0.15) is 29.9 Å². The molecule has 1 saturated carbocycles. The lowest BCUT2D eigenvalue weighted by molar-refractivity contribution is 0.282. The average molecular weight is 288 g/mol. The quantitative estimate of drug-likeness (QED) is 0.884. The summed E-state index contributed by atoms with van der Waals surface area (Å²) in [7, 11) is 0. The highest BCUT2D eigenvalue weighted by molar-refractivity contribution is 6.31. The molecule has 20 heavy (non-hydrogen) atoms. The molecule has 0 aliphatic heterocycles. The van der Waals surface area contributed by atoms with Crippen LogP contribution in [-0.2, 0) is 6.61 Å². The number of hydrogen-bond donors (Lipinski definition) is 2. The van der Waals surface area contributed by atoms with Crippen LogP contribution in [0.3, 0.4) is 0 Å². The number of halogens is 1. The van der Waals surface area contributed by atoms with Crippen molar-refractivity contribution in [2.24, 2.45) is 0 Å². The third-order valence-electron chi connectivity index (χ3n) is 3.96. The van der Waals surface area contributed by atoms with Crippen LogP contribution in [0.2, 0.25) is 5.02 Å². The monoisotopic (exact) mass is 287 g/mol. The van der Waals surface area contributed by atoms with Gasteiger partial charge in [-0.2, -0.15) is 0 Å². The zero-order chi connectivity index (χ0) is 13.9. The van der Waals surface area contributed by atoms with Crippen LogP contribution < -0.4 is 5.32 Å². The molecule has 0 unspecified atom stereocenters. The Labute approximate surface area is 124 Å². The fourth-order valence-corrected chi connectivity index (χ4v) is 3.08. The van der Waals surface area contributed by atoms with E-state index in [1.165, 1.54) is 5.56 Å². The average Bonchev–Trinajstić information content (AvgIpc) is 2.44. The van der Waals surface area contributed by atoms with E-state index in [1.807, 2.05) is 42.5 Å². The second-order valence-electron chi connectivity index (χ2n) is 5.39. The van der Waals surface area contributed by atoms with Crippen molar-refractivity contribution in [2.45, 2.75) is 31.4 Å². The Hall–Kier alpha value is -1.51. The molecule has 2 N–H and O–H groups in total. The van der Waals surface area contributed by atoms with Crippen molar-refractivity contribution < 1.29 is 5.11 Å². The van der Waals surface area contributed by atoms with Crippen molar-refractivity contribution in [3.8, 4) is 0 Å². The summed E-state index contributed by atoms with van der Waals surface area (Å²) >= 11 is 6.23. The van der Waals surface area contributed by atoms with Gasteiger partial charge >= 0.3 is 0 Å². The van der Waals surface area contributed by atoms with Gasteiger partial charge in [0, 0.05) is 16.8 Å². The van der Waals surface area contributed by atoms with Gasteiger partial charge in [0.25, 0.3) is 0 Å². The topological polar surface area (TPSA) is 32.3 Å². The summed E-state index contributed by atoms with van der Waals surface area (Å²) in [4.78, 5) is 0.